The van der Waals surface area contributed by atoms with Crippen LogP contribution in [0.3, 0.4) is 0 Å². The van der Waals surface area contributed by atoms with Gasteiger partial charge >= 0.3 is 5.97 Å². The van der Waals surface area contributed by atoms with Gasteiger partial charge in [-0.25, -0.2) is 0 Å². The third-order valence-electron chi connectivity index (χ3n) is 8.45. The number of ether oxygens (including phenoxy) is 1. The Morgan fingerprint density at radius 1 is 0.410 bits per heavy atom. The van der Waals surface area contributed by atoms with Gasteiger partial charge in [-0.3, -0.25) is 4.79 Å². The predicted molar refractivity (Wildman–Crippen MR) is 174 cm³/mol. The van der Waals surface area contributed by atoms with Crippen LogP contribution in [0.1, 0.15) is 219 Å². The number of esters is 1. The van der Waals surface area contributed by atoms with Crippen molar-refractivity contribution in [3.05, 3.63) is 12.8 Å². The molecule has 232 valence electrons. The average molecular weight is 549 g/mol. The summed E-state index contributed by atoms with van der Waals surface area (Å²) in [5.41, 5.74) is 0. The van der Waals surface area contributed by atoms with Gasteiger partial charge in [0.2, 0.25) is 0 Å². The molecule has 0 radical (unpaired) electrons. The fourth-order valence-electron chi connectivity index (χ4n) is 5.80. The first kappa shape index (κ1) is 38.2. The number of hydrogen-bond donors (Lipinski definition) is 0. The van der Waals surface area contributed by atoms with E-state index in [4.69, 9.17) is 4.74 Å². The van der Waals surface area contributed by atoms with Crippen molar-refractivity contribution in [2.75, 3.05) is 0 Å². The number of rotatable bonds is 34. The van der Waals surface area contributed by atoms with Crippen LogP contribution in [-0.4, -0.2) is 5.97 Å². The summed E-state index contributed by atoms with van der Waals surface area (Å²) in [6.07, 6.45) is 47.1. The van der Waals surface area contributed by atoms with Crippen LogP contribution < -0.4 is 0 Å². The van der Waals surface area contributed by atoms with Crippen LogP contribution >= 0.6 is 0 Å². The van der Waals surface area contributed by atoms with Crippen molar-refractivity contribution in [1.29, 1.82) is 0 Å². The molecule has 0 atom stereocenters. The SMILES string of the molecule is C=COC(=O)CCCCCCCCCCCCCCCCCCCCCCCCCCCCCCCCCC. The zero-order chi connectivity index (χ0) is 28.3. The van der Waals surface area contributed by atoms with E-state index >= 15 is 0 Å². The van der Waals surface area contributed by atoms with E-state index in [0.29, 0.717) is 6.42 Å². The molecule has 0 bridgehead atoms. The molecule has 0 saturated carbocycles. The summed E-state index contributed by atoms with van der Waals surface area (Å²) in [7, 11) is 0. The van der Waals surface area contributed by atoms with Gasteiger partial charge in [-0.1, -0.05) is 213 Å². The van der Waals surface area contributed by atoms with Gasteiger partial charge in [-0.05, 0) is 6.42 Å². The maximum atomic E-state index is 11.2. The van der Waals surface area contributed by atoms with E-state index < -0.39 is 0 Å². The predicted octanol–water partition coefficient (Wildman–Crippen LogP) is 13.6. The molecule has 0 amide bonds. The van der Waals surface area contributed by atoms with Crippen molar-refractivity contribution >= 4 is 5.97 Å². The molecule has 2 nitrogen and oxygen atoms in total. The molecule has 0 aliphatic heterocycles. The number of carbonyl (C=O) groups is 1. The van der Waals surface area contributed by atoms with E-state index in [2.05, 4.69) is 13.5 Å². The minimum atomic E-state index is -0.143. The quantitative estimate of drug-likeness (QED) is 0.0454. The smallest absolute Gasteiger partial charge is 0.310 e. The monoisotopic (exact) mass is 549 g/mol. The first-order chi connectivity index (χ1) is 19.3. The van der Waals surface area contributed by atoms with Crippen molar-refractivity contribution in [3.63, 3.8) is 0 Å². The summed E-state index contributed by atoms with van der Waals surface area (Å²) < 4.78 is 4.73. The number of hydrogen-bond acceptors (Lipinski definition) is 2. The van der Waals surface area contributed by atoms with Gasteiger partial charge < -0.3 is 4.74 Å². The van der Waals surface area contributed by atoms with Crippen LogP contribution in [0.25, 0.3) is 0 Å². The molecule has 0 saturated heterocycles. The van der Waals surface area contributed by atoms with E-state index in [1.165, 1.54) is 199 Å². The molecule has 0 aromatic rings. The topological polar surface area (TPSA) is 26.3 Å². The summed E-state index contributed by atoms with van der Waals surface area (Å²) >= 11 is 0. The van der Waals surface area contributed by atoms with E-state index in [9.17, 15) is 4.79 Å². The van der Waals surface area contributed by atoms with E-state index in [0.717, 1.165) is 12.8 Å². The van der Waals surface area contributed by atoms with Gasteiger partial charge in [-0.15, -0.1) is 0 Å². The molecule has 0 aliphatic rings. The third kappa shape index (κ3) is 35.2. The van der Waals surface area contributed by atoms with Crippen molar-refractivity contribution in [2.24, 2.45) is 0 Å². The zero-order valence-electron chi connectivity index (χ0n) is 26.9. The van der Waals surface area contributed by atoms with Gasteiger partial charge in [0.15, 0.2) is 0 Å². The number of unbranched alkanes of at least 4 members (excludes halogenated alkanes) is 31. The summed E-state index contributed by atoms with van der Waals surface area (Å²) in [6, 6.07) is 0. The molecule has 0 N–H and O–H groups in total. The Labute approximate surface area is 246 Å². The second-order valence-electron chi connectivity index (χ2n) is 12.4. The lowest BCUT2D eigenvalue weighted by Crippen LogP contribution is -1.98. The summed E-state index contributed by atoms with van der Waals surface area (Å²) in [5.74, 6) is -0.143. The van der Waals surface area contributed by atoms with E-state index in [-0.39, 0.29) is 5.97 Å². The van der Waals surface area contributed by atoms with Gasteiger partial charge in [0, 0.05) is 6.42 Å². The molecule has 0 fully saturated rings. The average Bonchev–Trinajstić information content (AvgIpc) is 2.94. The standard InChI is InChI=1S/C37H72O2/c1-3-5-6-7-8-9-10-11-12-13-14-15-16-17-18-19-20-21-22-23-24-25-26-27-28-29-30-31-32-33-34-35-36-37(38)39-4-2/h4H,2-3,5-36H2,1H3. The molecule has 2 heteroatoms. The maximum Gasteiger partial charge on any atom is 0.310 e. The Bertz CT molecular complexity index is 472. The lowest BCUT2D eigenvalue weighted by molar-refractivity contribution is -0.138. The van der Waals surface area contributed by atoms with Crippen LogP contribution in [0.5, 0.6) is 0 Å². The van der Waals surface area contributed by atoms with E-state index in [1.54, 1.807) is 0 Å². The highest BCUT2D eigenvalue weighted by Crippen LogP contribution is 2.17. The first-order valence-corrected chi connectivity index (χ1v) is 18.1. The Morgan fingerprint density at radius 2 is 0.615 bits per heavy atom. The summed E-state index contributed by atoms with van der Waals surface area (Å²) in [4.78, 5) is 11.2. The number of carbonyl (C=O) groups excluding carboxylic acids is 1. The second kappa shape index (κ2) is 35.2. The molecule has 0 rings (SSSR count). The molecule has 39 heavy (non-hydrogen) atoms. The normalized spacial score (nSPS) is 11.2. The van der Waals surface area contributed by atoms with Gasteiger partial charge in [-0.2, -0.15) is 0 Å². The zero-order valence-corrected chi connectivity index (χ0v) is 26.9. The van der Waals surface area contributed by atoms with Crippen molar-refractivity contribution in [2.45, 2.75) is 219 Å². The maximum absolute atomic E-state index is 11.2. The minimum absolute atomic E-state index is 0.143. The first-order valence-electron chi connectivity index (χ1n) is 18.1. The molecular formula is C37H72O2. The third-order valence-corrected chi connectivity index (χ3v) is 8.45. The Kier molecular flexibility index (Phi) is 34.5. The molecule has 0 unspecified atom stereocenters. The highest BCUT2D eigenvalue weighted by Gasteiger charge is 2.00. The fraction of sp³-hybridized carbons (Fsp3) is 0.919. The molecule has 0 aromatic carbocycles. The second-order valence-corrected chi connectivity index (χ2v) is 12.4. The van der Waals surface area contributed by atoms with Gasteiger partial charge in [0.1, 0.15) is 0 Å². The molecule has 0 heterocycles. The van der Waals surface area contributed by atoms with Crippen LogP contribution in [0.4, 0.5) is 0 Å². The van der Waals surface area contributed by atoms with Crippen molar-refractivity contribution in [3.8, 4) is 0 Å². The largest absolute Gasteiger partial charge is 0.435 e. The van der Waals surface area contributed by atoms with E-state index in [1.807, 2.05) is 0 Å². The summed E-state index contributed by atoms with van der Waals surface area (Å²) in [6.45, 7) is 5.71. The van der Waals surface area contributed by atoms with Crippen molar-refractivity contribution in [1.82, 2.24) is 0 Å². The van der Waals surface area contributed by atoms with Gasteiger partial charge in [0.05, 0.1) is 6.26 Å². The summed E-state index contributed by atoms with van der Waals surface area (Å²) in [5, 5.41) is 0. The van der Waals surface area contributed by atoms with Crippen LogP contribution in [-0.2, 0) is 9.53 Å². The van der Waals surface area contributed by atoms with Crippen LogP contribution in [0, 0.1) is 0 Å². The molecule has 0 spiro atoms. The van der Waals surface area contributed by atoms with Crippen LogP contribution in [0.2, 0.25) is 0 Å². The van der Waals surface area contributed by atoms with Crippen LogP contribution in [0.15, 0.2) is 12.8 Å². The van der Waals surface area contributed by atoms with Gasteiger partial charge in [0.25, 0.3) is 0 Å². The lowest BCUT2D eigenvalue weighted by Gasteiger charge is -2.05. The fourth-order valence-corrected chi connectivity index (χ4v) is 5.80. The molecule has 0 aliphatic carbocycles. The molecule has 0 aromatic heterocycles. The Hall–Kier alpha value is -0.790. The Balaban J connectivity index is 3.05. The Morgan fingerprint density at radius 3 is 0.821 bits per heavy atom. The minimum Gasteiger partial charge on any atom is -0.435 e. The highest BCUT2D eigenvalue weighted by molar-refractivity contribution is 5.69. The highest BCUT2D eigenvalue weighted by atomic mass is 16.5. The lowest BCUT2D eigenvalue weighted by atomic mass is 10.0. The molecular weight excluding hydrogens is 476 g/mol. The van der Waals surface area contributed by atoms with Crippen molar-refractivity contribution < 1.29 is 9.53 Å².